The lowest BCUT2D eigenvalue weighted by Gasteiger charge is -2.00. The van der Waals surface area contributed by atoms with E-state index in [4.69, 9.17) is 5.11 Å². The second-order valence-electron chi connectivity index (χ2n) is 3.46. The molecule has 0 aliphatic heterocycles. The van der Waals surface area contributed by atoms with Crippen LogP contribution in [0.15, 0.2) is 35.5 Å². The van der Waals surface area contributed by atoms with Crippen LogP contribution in [0.5, 0.6) is 0 Å². The van der Waals surface area contributed by atoms with Gasteiger partial charge >= 0.3 is 5.97 Å². The van der Waals surface area contributed by atoms with Gasteiger partial charge in [-0.1, -0.05) is 35.5 Å². The van der Waals surface area contributed by atoms with E-state index in [0.29, 0.717) is 0 Å². The number of hydrogen-bond acceptors (Lipinski definition) is 4. The Hall–Kier alpha value is -2.17. The fraction of sp³-hybridized carbons (Fsp3) is 0.250. The van der Waals surface area contributed by atoms with Crippen LogP contribution in [0.4, 0.5) is 0 Å². The fourth-order valence-corrected chi connectivity index (χ4v) is 1.11. The maximum absolute atomic E-state index is 11.4. The summed E-state index contributed by atoms with van der Waals surface area (Å²) in [6, 6.07) is 9.23. The average molecular weight is 235 g/mol. The minimum Gasteiger partial charge on any atom is -0.477 e. The molecule has 90 valence electrons. The van der Waals surface area contributed by atoms with E-state index in [-0.39, 0.29) is 24.5 Å². The first-order valence-corrected chi connectivity index (χ1v) is 5.05. The van der Waals surface area contributed by atoms with Gasteiger partial charge in [0, 0.05) is 6.42 Å². The monoisotopic (exact) mass is 235 g/mol. The van der Waals surface area contributed by atoms with Gasteiger partial charge in [-0.2, -0.15) is 0 Å². The second kappa shape index (κ2) is 6.42. The van der Waals surface area contributed by atoms with Gasteiger partial charge in [0.25, 0.3) is 0 Å². The lowest BCUT2D eigenvalue weighted by molar-refractivity contribution is -0.130. The highest BCUT2D eigenvalue weighted by Gasteiger charge is 2.05. The number of carbonyl (C=O) groups excluding carboxylic acids is 1. The number of ketones is 1. The molecule has 0 bridgehead atoms. The van der Waals surface area contributed by atoms with Crippen LogP contribution in [0, 0.1) is 0 Å². The lowest BCUT2D eigenvalue weighted by atomic mass is 10.1. The van der Waals surface area contributed by atoms with Crippen LogP contribution in [-0.4, -0.2) is 29.2 Å². The summed E-state index contributed by atoms with van der Waals surface area (Å²) in [7, 11) is 0. The smallest absolute Gasteiger partial charge is 0.353 e. The van der Waals surface area contributed by atoms with E-state index < -0.39 is 5.97 Å². The predicted octanol–water partition coefficient (Wildman–Crippen LogP) is 1.28. The third-order valence-electron chi connectivity index (χ3n) is 1.98. The van der Waals surface area contributed by atoms with E-state index in [1.54, 1.807) is 0 Å². The number of oxime groups is 1. The molecule has 0 saturated heterocycles. The molecular weight excluding hydrogens is 222 g/mol. The number of hydrogen-bond donors (Lipinski definition) is 1. The van der Waals surface area contributed by atoms with Crippen molar-refractivity contribution in [2.75, 3.05) is 6.61 Å². The first-order chi connectivity index (χ1) is 8.09. The number of rotatable bonds is 6. The quantitative estimate of drug-likeness (QED) is 0.595. The zero-order valence-corrected chi connectivity index (χ0v) is 9.42. The summed E-state index contributed by atoms with van der Waals surface area (Å²) in [4.78, 5) is 26.4. The molecule has 17 heavy (non-hydrogen) atoms. The number of Topliss-reactive ketones (excluding diaryl/α,β-unsaturated/α-hetero) is 1. The molecule has 0 heterocycles. The van der Waals surface area contributed by atoms with Gasteiger partial charge in [-0.15, -0.1) is 0 Å². The van der Waals surface area contributed by atoms with E-state index in [1.807, 2.05) is 30.3 Å². The Morgan fingerprint density at radius 2 is 1.94 bits per heavy atom. The minimum atomic E-state index is -1.17. The molecule has 0 aromatic heterocycles. The molecular formula is C12H13NO4. The molecule has 0 aliphatic carbocycles. The van der Waals surface area contributed by atoms with Gasteiger partial charge in [-0.3, -0.25) is 4.79 Å². The maximum Gasteiger partial charge on any atom is 0.353 e. The number of carboxylic acid groups (broad SMARTS) is 1. The molecule has 5 nitrogen and oxygen atoms in total. The summed E-state index contributed by atoms with van der Waals surface area (Å²) in [6.07, 6.45) is 0.252. The standard InChI is InChI=1S/C12H13NO4/c1-9(12(15)16)13-17-8-11(14)7-10-5-3-2-4-6-10/h2-6H,7-8H2,1H3,(H,15,16)/b13-9+. The van der Waals surface area contributed by atoms with Gasteiger partial charge in [-0.25, -0.2) is 4.79 Å². The number of carbonyl (C=O) groups is 2. The van der Waals surface area contributed by atoms with E-state index in [9.17, 15) is 9.59 Å². The normalized spacial score (nSPS) is 11.0. The van der Waals surface area contributed by atoms with Crippen LogP contribution < -0.4 is 0 Å². The van der Waals surface area contributed by atoms with Gasteiger partial charge < -0.3 is 9.94 Å². The molecule has 1 aromatic rings. The minimum absolute atomic E-state index is 0.155. The molecule has 0 spiro atoms. The van der Waals surface area contributed by atoms with Crippen molar-refractivity contribution in [3.63, 3.8) is 0 Å². The highest BCUT2D eigenvalue weighted by Crippen LogP contribution is 2.00. The predicted molar refractivity (Wildman–Crippen MR) is 61.8 cm³/mol. The van der Waals surface area contributed by atoms with E-state index in [0.717, 1.165) is 5.56 Å². The van der Waals surface area contributed by atoms with Crippen molar-refractivity contribution < 1.29 is 19.5 Å². The van der Waals surface area contributed by atoms with Gasteiger partial charge in [0.1, 0.15) is 0 Å². The topological polar surface area (TPSA) is 76.0 Å². The molecule has 5 heteroatoms. The van der Waals surface area contributed by atoms with Crippen LogP contribution in [0.2, 0.25) is 0 Å². The molecule has 0 fully saturated rings. The Kier molecular flexibility index (Phi) is 4.87. The molecule has 0 radical (unpaired) electrons. The fourth-order valence-electron chi connectivity index (χ4n) is 1.11. The van der Waals surface area contributed by atoms with Crippen molar-refractivity contribution in [1.82, 2.24) is 0 Å². The van der Waals surface area contributed by atoms with Crippen molar-refractivity contribution in [3.05, 3.63) is 35.9 Å². The molecule has 0 saturated carbocycles. The summed E-state index contributed by atoms with van der Waals surface area (Å²) >= 11 is 0. The van der Waals surface area contributed by atoms with E-state index in [1.165, 1.54) is 6.92 Å². The Morgan fingerprint density at radius 1 is 1.29 bits per heavy atom. The highest BCUT2D eigenvalue weighted by atomic mass is 16.6. The van der Waals surface area contributed by atoms with E-state index >= 15 is 0 Å². The van der Waals surface area contributed by atoms with Crippen LogP contribution in [-0.2, 0) is 20.8 Å². The van der Waals surface area contributed by atoms with Gasteiger partial charge in [0.15, 0.2) is 18.1 Å². The number of nitrogens with zero attached hydrogens (tertiary/aromatic N) is 1. The number of carboxylic acids is 1. The Labute approximate surface area is 98.7 Å². The molecule has 0 aliphatic rings. The van der Waals surface area contributed by atoms with Crippen molar-refractivity contribution >= 4 is 17.5 Å². The van der Waals surface area contributed by atoms with Crippen LogP contribution >= 0.6 is 0 Å². The number of aliphatic carboxylic acids is 1. The lowest BCUT2D eigenvalue weighted by Crippen LogP contribution is -2.13. The first kappa shape index (κ1) is 12.9. The summed E-state index contributed by atoms with van der Waals surface area (Å²) in [5.74, 6) is -1.32. The largest absolute Gasteiger partial charge is 0.477 e. The Balaban J connectivity index is 2.36. The summed E-state index contributed by atoms with van der Waals surface area (Å²) < 4.78 is 0. The van der Waals surface area contributed by atoms with Gasteiger partial charge in [0.05, 0.1) is 0 Å². The van der Waals surface area contributed by atoms with Crippen LogP contribution in [0.25, 0.3) is 0 Å². The summed E-state index contributed by atoms with van der Waals surface area (Å²) in [5.41, 5.74) is 0.706. The SMILES string of the molecule is C/C(=N\OCC(=O)Cc1ccccc1)C(=O)O. The number of benzene rings is 1. The summed E-state index contributed by atoms with van der Waals surface area (Å²) in [5, 5.41) is 11.8. The third-order valence-corrected chi connectivity index (χ3v) is 1.98. The van der Waals surface area contributed by atoms with Crippen molar-refractivity contribution in [2.45, 2.75) is 13.3 Å². The first-order valence-electron chi connectivity index (χ1n) is 5.05. The zero-order valence-electron chi connectivity index (χ0n) is 9.42. The van der Waals surface area contributed by atoms with Crippen molar-refractivity contribution in [3.8, 4) is 0 Å². The summed E-state index contributed by atoms with van der Waals surface area (Å²) in [6.45, 7) is 1.07. The maximum atomic E-state index is 11.4. The van der Waals surface area contributed by atoms with Crippen LogP contribution in [0.3, 0.4) is 0 Å². The van der Waals surface area contributed by atoms with Gasteiger partial charge in [-0.05, 0) is 12.5 Å². The molecule has 1 N–H and O–H groups in total. The third kappa shape index (κ3) is 4.92. The Bertz CT molecular complexity index is 425. The van der Waals surface area contributed by atoms with Crippen LogP contribution in [0.1, 0.15) is 12.5 Å². The van der Waals surface area contributed by atoms with Crippen molar-refractivity contribution in [2.24, 2.45) is 5.16 Å². The zero-order chi connectivity index (χ0) is 12.7. The molecule has 0 atom stereocenters. The molecule has 1 rings (SSSR count). The molecule has 0 amide bonds. The molecule has 0 unspecified atom stereocenters. The Morgan fingerprint density at radius 3 is 2.53 bits per heavy atom. The average Bonchev–Trinajstić information content (AvgIpc) is 2.30. The highest BCUT2D eigenvalue weighted by molar-refractivity contribution is 6.34. The van der Waals surface area contributed by atoms with Crippen molar-refractivity contribution in [1.29, 1.82) is 0 Å². The van der Waals surface area contributed by atoms with Gasteiger partial charge in [0.2, 0.25) is 0 Å². The van der Waals surface area contributed by atoms with E-state index in [2.05, 4.69) is 9.99 Å². The second-order valence-corrected chi connectivity index (χ2v) is 3.46. The molecule has 1 aromatic carbocycles.